The monoisotopic (exact) mass is 662 g/mol. The fourth-order valence-corrected chi connectivity index (χ4v) is 14.2. The van der Waals surface area contributed by atoms with Gasteiger partial charge in [-0.25, -0.2) is 0 Å². The van der Waals surface area contributed by atoms with E-state index in [2.05, 4.69) is 34.6 Å². The van der Waals surface area contributed by atoms with Crippen LogP contribution in [0.3, 0.4) is 0 Å². The van der Waals surface area contributed by atoms with E-state index in [-0.39, 0.29) is 57.8 Å². The molecule has 0 amide bonds. The molecule has 5 aliphatic carbocycles. The molecular formula is C37H58O10. The molecule has 8 fully saturated rings. The van der Waals surface area contributed by atoms with Crippen LogP contribution in [-0.4, -0.2) is 92.9 Å². The van der Waals surface area contributed by atoms with Crippen molar-refractivity contribution in [1.29, 1.82) is 0 Å². The molecule has 4 N–H and O–H groups in total. The number of aliphatic hydroxyl groups is 4. The molecule has 3 saturated heterocycles. The number of rotatable bonds is 4. The van der Waals surface area contributed by atoms with Gasteiger partial charge in [-0.15, -0.1) is 0 Å². The Kier molecular flexibility index (Phi) is 6.89. The number of carbonyl (C=O) groups excluding carboxylic acids is 1. The van der Waals surface area contributed by atoms with Gasteiger partial charge < -0.3 is 44.1 Å². The van der Waals surface area contributed by atoms with Crippen molar-refractivity contribution < 1.29 is 48.9 Å². The molecule has 3 heterocycles. The van der Waals surface area contributed by atoms with Gasteiger partial charge in [0.1, 0.15) is 36.1 Å². The van der Waals surface area contributed by atoms with Crippen LogP contribution in [0, 0.1) is 44.8 Å². The number of ether oxygens (including phenoxy) is 5. The molecule has 10 heteroatoms. The predicted octanol–water partition coefficient (Wildman–Crippen LogP) is 3.84. The summed E-state index contributed by atoms with van der Waals surface area (Å²) in [7, 11) is 0. The van der Waals surface area contributed by atoms with E-state index in [0.717, 1.165) is 51.4 Å². The first-order chi connectivity index (χ1) is 21.7. The molecule has 0 aromatic heterocycles. The van der Waals surface area contributed by atoms with Gasteiger partial charge >= 0.3 is 5.97 Å². The first kappa shape index (κ1) is 33.3. The summed E-state index contributed by atoms with van der Waals surface area (Å²) >= 11 is 0. The molecular weight excluding hydrogens is 604 g/mol. The predicted molar refractivity (Wildman–Crippen MR) is 168 cm³/mol. The van der Waals surface area contributed by atoms with Crippen LogP contribution in [0.15, 0.2) is 0 Å². The molecule has 0 radical (unpaired) electrons. The molecule has 16 atom stereocenters. The molecule has 10 nitrogen and oxygen atoms in total. The van der Waals surface area contributed by atoms with Crippen molar-refractivity contribution in [1.82, 2.24) is 0 Å². The second-order valence-electron chi connectivity index (χ2n) is 18.9. The minimum atomic E-state index is -1.30. The quantitative estimate of drug-likeness (QED) is 0.259. The van der Waals surface area contributed by atoms with E-state index >= 15 is 0 Å². The summed E-state index contributed by atoms with van der Waals surface area (Å²) in [4.78, 5) is 12.9. The second kappa shape index (κ2) is 9.72. The minimum absolute atomic E-state index is 0.0310. The summed E-state index contributed by atoms with van der Waals surface area (Å²) in [6.45, 7) is 16.6. The molecule has 3 unspecified atom stereocenters. The first-order valence-electron chi connectivity index (χ1n) is 18.3. The number of hydrogen-bond acceptors (Lipinski definition) is 10. The van der Waals surface area contributed by atoms with E-state index in [1.54, 1.807) is 13.8 Å². The SMILES string of the molecule is CC(=O)O[C@H]1[C@@H]2O[C@@]3(C(C)(C)O)CC[C@](C)(O3)C2[C@@]2(C)CC[C@@]34C[C@@]35CC[C@H](O[C@@H]3OC[C@@H](O)[C@H](O)[C@H]3O)C(C)(C)C5CCC4[C@]12C. The fourth-order valence-electron chi connectivity index (χ4n) is 14.2. The first-order valence-corrected chi connectivity index (χ1v) is 18.3. The molecule has 5 saturated carbocycles. The molecule has 0 aromatic carbocycles. The van der Waals surface area contributed by atoms with Gasteiger partial charge in [-0.1, -0.05) is 27.7 Å². The van der Waals surface area contributed by atoms with Crippen LogP contribution in [-0.2, 0) is 28.5 Å². The zero-order valence-corrected chi connectivity index (χ0v) is 29.6. The van der Waals surface area contributed by atoms with Gasteiger partial charge in [0.2, 0.25) is 0 Å². The van der Waals surface area contributed by atoms with Crippen molar-refractivity contribution in [3.05, 3.63) is 0 Å². The molecule has 2 spiro atoms. The molecule has 8 rings (SSSR count). The maximum absolute atomic E-state index is 12.9. The zero-order chi connectivity index (χ0) is 34.0. The summed E-state index contributed by atoms with van der Waals surface area (Å²) in [6, 6.07) is 0. The van der Waals surface area contributed by atoms with Crippen molar-refractivity contribution in [2.24, 2.45) is 44.8 Å². The maximum atomic E-state index is 12.9. The molecule has 266 valence electrons. The van der Waals surface area contributed by atoms with E-state index in [1.165, 1.54) is 6.92 Å². The highest BCUT2D eigenvalue weighted by molar-refractivity contribution is 5.66. The van der Waals surface area contributed by atoms with Crippen LogP contribution < -0.4 is 0 Å². The van der Waals surface area contributed by atoms with E-state index in [1.807, 2.05) is 0 Å². The van der Waals surface area contributed by atoms with E-state index < -0.39 is 47.7 Å². The van der Waals surface area contributed by atoms with Crippen LogP contribution in [0.5, 0.6) is 0 Å². The average molecular weight is 663 g/mol. The van der Waals surface area contributed by atoms with Gasteiger partial charge in [-0.3, -0.25) is 4.79 Å². The van der Waals surface area contributed by atoms with E-state index in [9.17, 15) is 25.2 Å². The van der Waals surface area contributed by atoms with Gasteiger partial charge in [0.05, 0.1) is 18.3 Å². The standard InChI is InChI=1S/C37H58O10/c1-19(38)44-28-26-27(33(7)14-16-37(46-26,47-33)31(4,5)42)32(6)13-15-36-18-35(36)12-11-23(45-29-25(41)24(40)20(39)17-43-29)30(2,3)21(35)9-10-22(36)34(28,32)8/h20-29,39-42H,9-18H2,1-8H3/t20-,21?,22?,23+,24+,25-,26-,27?,28+,29+,32-,33+,34-,35-,36+,37+/m1/s1. The van der Waals surface area contributed by atoms with Crippen LogP contribution in [0.25, 0.3) is 0 Å². The molecule has 8 aliphatic rings. The van der Waals surface area contributed by atoms with Gasteiger partial charge in [0.25, 0.3) is 0 Å². The van der Waals surface area contributed by atoms with Gasteiger partial charge in [0, 0.05) is 24.7 Å². The highest BCUT2D eigenvalue weighted by Crippen LogP contribution is 2.90. The van der Waals surface area contributed by atoms with Crippen molar-refractivity contribution in [3.8, 4) is 0 Å². The molecule has 47 heavy (non-hydrogen) atoms. The lowest BCUT2D eigenvalue weighted by atomic mass is 9.41. The largest absolute Gasteiger partial charge is 0.459 e. The minimum Gasteiger partial charge on any atom is -0.459 e. The number of carbonyl (C=O) groups is 1. The maximum Gasteiger partial charge on any atom is 0.303 e. The lowest BCUT2D eigenvalue weighted by Crippen LogP contribution is -2.63. The Morgan fingerprint density at radius 3 is 2.23 bits per heavy atom. The normalized spacial score (nSPS) is 58.8. The smallest absolute Gasteiger partial charge is 0.303 e. The third-order valence-electron chi connectivity index (χ3n) is 16.4. The summed E-state index contributed by atoms with van der Waals surface area (Å²) in [6.07, 6.45) is 2.97. The topological polar surface area (TPSA) is 144 Å². The Balaban J connectivity index is 1.13. The Morgan fingerprint density at radius 1 is 0.872 bits per heavy atom. The Hall–Kier alpha value is -0.850. The second-order valence-corrected chi connectivity index (χ2v) is 18.9. The summed E-state index contributed by atoms with van der Waals surface area (Å²) in [5, 5.41) is 42.3. The highest BCUT2D eigenvalue weighted by Gasteiger charge is 2.87. The Morgan fingerprint density at radius 2 is 1.55 bits per heavy atom. The highest BCUT2D eigenvalue weighted by atomic mass is 16.7. The van der Waals surface area contributed by atoms with Gasteiger partial charge in [0.15, 0.2) is 12.1 Å². The summed E-state index contributed by atoms with van der Waals surface area (Å²) < 4.78 is 32.5. The van der Waals surface area contributed by atoms with E-state index in [0.29, 0.717) is 18.3 Å². The fraction of sp³-hybridized carbons (Fsp3) is 0.973. The lowest BCUT2D eigenvalue weighted by Gasteiger charge is -2.64. The van der Waals surface area contributed by atoms with Crippen LogP contribution in [0.1, 0.15) is 113 Å². The summed E-state index contributed by atoms with van der Waals surface area (Å²) in [5.74, 6) is -0.632. The van der Waals surface area contributed by atoms with Crippen LogP contribution in [0.2, 0.25) is 0 Å². The third-order valence-corrected chi connectivity index (χ3v) is 16.4. The summed E-state index contributed by atoms with van der Waals surface area (Å²) in [5.41, 5.74) is -2.14. The van der Waals surface area contributed by atoms with Crippen LogP contribution in [0.4, 0.5) is 0 Å². The van der Waals surface area contributed by atoms with E-state index in [4.69, 9.17) is 23.7 Å². The number of aliphatic hydroxyl groups excluding tert-OH is 3. The lowest BCUT2D eigenvalue weighted by molar-refractivity contribution is -0.388. The number of fused-ring (bicyclic) bond motifs is 7. The Labute approximate surface area is 279 Å². The molecule has 3 aliphatic heterocycles. The number of esters is 1. The Bertz CT molecular complexity index is 1330. The molecule has 2 bridgehead atoms. The zero-order valence-electron chi connectivity index (χ0n) is 29.6. The van der Waals surface area contributed by atoms with Crippen molar-refractivity contribution in [2.75, 3.05) is 6.61 Å². The van der Waals surface area contributed by atoms with Crippen molar-refractivity contribution >= 4 is 5.97 Å². The third kappa shape index (κ3) is 3.88. The van der Waals surface area contributed by atoms with Crippen molar-refractivity contribution in [2.45, 2.75) is 173 Å². The average Bonchev–Trinajstić information content (AvgIpc) is 3.49. The van der Waals surface area contributed by atoms with Crippen molar-refractivity contribution in [3.63, 3.8) is 0 Å². The number of hydrogen-bond donors (Lipinski definition) is 4. The molecule has 0 aromatic rings. The van der Waals surface area contributed by atoms with Gasteiger partial charge in [-0.05, 0) is 106 Å². The van der Waals surface area contributed by atoms with Crippen LogP contribution >= 0.6 is 0 Å². The van der Waals surface area contributed by atoms with Gasteiger partial charge in [-0.2, -0.15) is 0 Å².